The molecule has 1 aliphatic carbocycles. The highest BCUT2D eigenvalue weighted by molar-refractivity contribution is 7.91. The molecule has 1 aromatic carbocycles. The molecule has 1 aliphatic heterocycles. The lowest BCUT2D eigenvalue weighted by molar-refractivity contribution is 0.0698. The van der Waals surface area contributed by atoms with E-state index < -0.39 is 9.84 Å². The van der Waals surface area contributed by atoms with Crippen LogP contribution in [0.5, 0.6) is 5.75 Å². The van der Waals surface area contributed by atoms with Crippen molar-refractivity contribution < 1.29 is 17.9 Å². The number of hydrogen-bond donors (Lipinski definition) is 0. The number of pyridine rings is 1. The van der Waals surface area contributed by atoms with Crippen molar-refractivity contribution in [2.75, 3.05) is 25.7 Å². The van der Waals surface area contributed by atoms with Crippen molar-refractivity contribution in [3.8, 4) is 17.0 Å². The van der Waals surface area contributed by atoms with E-state index in [9.17, 15) is 13.2 Å². The first kappa shape index (κ1) is 23.8. The van der Waals surface area contributed by atoms with Gasteiger partial charge in [-0.2, -0.15) is 5.10 Å². The highest BCUT2D eigenvalue weighted by atomic mass is 32.2. The molecule has 0 N–H and O–H groups in total. The number of methoxy groups -OCH3 is 1. The van der Waals surface area contributed by atoms with Crippen LogP contribution in [0.1, 0.15) is 60.6 Å². The van der Waals surface area contributed by atoms with Crippen LogP contribution < -0.4 is 4.74 Å². The number of aromatic nitrogens is 3. The standard InChI is InChI=1S/C26H32N4O4S/c1-17-24-22(26(31)29(2)19-9-5-4-6-10-19)15-23(18-8-7-11-21(14-18)34-3)27-25(24)30(28-17)20-12-13-35(32,33)16-20/h7-8,11,14-15,19-20H,4-6,9-10,12-13,16H2,1-3H3. The first-order valence-corrected chi connectivity index (χ1v) is 14.1. The van der Waals surface area contributed by atoms with Crippen LogP contribution in [0.3, 0.4) is 0 Å². The summed E-state index contributed by atoms with van der Waals surface area (Å²) in [6.07, 6.45) is 6.00. The lowest BCUT2D eigenvalue weighted by Gasteiger charge is -2.31. The van der Waals surface area contributed by atoms with Gasteiger partial charge in [0, 0.05) is 18.7 Å². The highest BCUT2D eigenvalue weighted by Gasteiger charge is 2.33. The van der Waals surface area contributed by atoms with Crippen LogP contribution in [0.15, 0.2) is 30.3 Å². The van der Waals surface area contributed by atoms with Gasteiger partial charge in [0.25, 0.3) is 5.91 Å². The molecular formula is C26H32N4O4S. The molecule has 2 aromatic heterocycles. The van der Waals surface area contributed by atoms with E-state index in [4.69, 9.17) is 14.8 Å². The SMILES string of the molecule is COc1cccc(-c2cc(C(=O)N(C)C3CCCCC3)c3c(C)nn(C4CCS(=O)(=O)C4)c3n2)c1. The summed E-state index contributed by atoms with van der Waals surface area (Å²) in [5, 5.41) is 5.42. The molecule has 0 bridgehead atoms. The number of carbonyl (C=O) groups excluding carboxylic acids is 1. The number of sulfone groups is 1. The number of fused-ring (bicyclic) bond motifs is 1. The Hall–Kier alpha value is -2.94. The summed E-state index contributed by atoms with van der Waals surface area (Å²) in [7, 11) is 0.393. The van der Waals surface area contributed by atoms with Gasteiger partial charge >= 0.3 is 0 Å². The molecule has 1 atom stereocenters. The van der Waals surface area contributed by atoms with E-state index in [0.29, 0.717) is 40.2 Å². The summed E-state index contributed by atoms with van der Waals surface area (Å²) in [4.78, 5) is 20.7. The van der Waals surface area contributed by atoms with E-state index in [2.05, 4.69) is 0 Å². The van der Waals surface area contributed by atoms with E-state index in [1.54, 1.807) is 11.8 Å². The quantitative estimate of drug-likeness (QED) is 0.526. The molecule has 9 heteroatoms. The average Bonchev–Trinajstić information content (AvgIpc) is 3.41. The van der Waals surface area contributed by atoms with Crippen molar-refractivity contribution >= 4 is 26.8 Å². The summed E-state index contributed by atoms with van der Waals surface area (Å²) in [6.45, 7) is 1.87. The van der Waals surface area contributed by atoms with Gasteiger partial charge in [-0.15, -0.1) is 0 Å². The number of rotatable bonds is 5. The van der Waals surface area contributed by atoms with Gasteiger partial charge in [0.1, 0.15) is 5.75 Å². The van der Waals surface area contributed by atoms with Crippen LogP contribution in [0.4, 0.5) is 0 Å². The molecule has 186 valence electrons. The molecule has 5 rings (SSSR count). The topological polar surface area (TPSA) is 94.4 Å². The normalized spacial score (nSPS) is 20.3. The predicted molar refractivity (Wildman–Crippen MR) is 136 cm³/mol. The fourth-order valence-corrected chi connectivity index (χ4v) is 7.15. The Morgan fingerprint density at radius 3 is 2.60 bits per heavy atom. The largest absolute Gasteiger partial charge is 0.497 e. The van der Waals surface area contributed by atoms with Crippen molar-refractivity contribution in [2.24, 2.45) is 0 Å². The number of aryl methyl sites for hydroxylation is 1. The summed E-state index contributed by atoms with van der Waals surface area (Å²) in [6, 6.07) is 9.36. The third-order valence-electron chi connectivity index (χ3n) is 7.43. The second-order valence-corrected chi connectivity index (χ2v) is 12.0. The van der Waals surface area contributed by atoms with Crippen LogP contribution >= 0.6 is 0 Å². The van der Waals surface area contributed by atoms with E-state index >= 15 is 0 Å². The second kappa shape index (κ2) is 9.26. The van der Waals surface area contributed by atoms with Crippen LogP contribution in [0, 0.1) is 6.92 Å². The molecule has 8 nitrogen and oxygen atoms in total. The third-order valence-corrected chi connectivity index (χ3v) is 9.18. The lowest BCUT2D eigenvalue weighted by Crippen LogP contribution is -2.38. The number of hydrogen-bond acceptors (Lipinski definition) is 6. The zero-order chi connectivity index (χ0) is 24.7. The van der Waals surface area contributed by atoms with Gasteiger partial charge in [-0.05, 0) is 44.4 Å². The Morgan fingerprint density at radius 1 is 1.14 bits per heavy atom. The summed E-state index contributed by atoms with van der Waals surface area (Å²) < 4.78 is 31.6. The predicted octanol–water partition coefficient (Wildman–Crippen LogP) is 4.18. The minimum Gasteiger partial charge on any atom is -0.497 e. The first-order chi connectivity index (χ1) is 16.8. The number of benzene rings is 1. The maximum atomic E-state index is 13.9. The van der Waals surface area contributed by atoms with Crippen LogP contribution in [-0.2, 0) is 9.84 Å². The highest BCUT2D eigenvalue weighted by Crippen LogP contribution is 2.34. The smallest absolute Gasteiger partial charge is 0.254 e. The summed E-state index contributed by atoms with van der Waals surface area (Å²) in [5.74, 6) is 0.835. The molecule has 1 unspecified atom stereocenters. The molecule has 1 saturated heterocycles. The van der Waals surface area contributed by atoms with Gasteiger partial charge in [0.15, 0.2) is 15.5 Å². The first-order valence-electron chi connectivity index (χ1n) is 12.3. The van der Waals surface area contributed by atoms with Crippen LogP contribution in [0.2, 0.25) is 0 Å². The van der Waals surface area contributed by atoms with E-state index in [1.807, 2.05) is 49.2 Å². The Morgan fingerprint density at radius 2 is 1.91 bits per heavy atom. The summed E-state index contributed by atoms with van der Waals surface area (Å²) >= 11 is 0. The summed E-state index contributed by atoms with van der Waals surface area (Å²) in [5.41, 5.74) is 3.27. The van der Waals surface area contributed by atoms with Gasteiger partial charge in [-0.1, -0.05) is 31.4 Å². The molecule has 3 aromatic rings. The number of carbonyl (C=O) groups is 1. The second-order valence-electron chi connectivity index (χ2n) is 9.78. The Labute approximate surface area is 206 Å². The van der Waals surface area contributed by atoms with Crippen molar-refractivity contribution in [1.82, 2.24) is 19.7 Å². The fourth-order valence-electron chi connectivity index (χ4n) is 5.46. The van der Waals surface area contributed by atoms with Crippen LogP contribution in [0.25, 0.3) is 22.3 Å². The van der Waals surface area contributed by atoms with E-state index in [1.165, 1.54) is 6.42 Å². The zero-order valence-corrected chi connectivity index (χ0v) is 21.3. The molecule has 0 spiro atoms. The van der Waals surface area contributed by atoms with Gasteiger partial charge in [0.2, 0.25) is 0 Å². The number of nitrogens with zero attached hydrogens (tertiary/aromatic N) is 4. The lowest BCUT2D eigenvalue weighted by atomic mass is 9.94. The average molecular weight is 497 g/mol. The molecule has 0 radical (unpaired) electrons. The Bertz CT molecular complexity index is 1380. The molecular weight excluding hydrogens is 464 g/mol. The van der Waals surface area contributed by atoms with Gasteiger partial charge in [-0.3, -0.25) is 4.79 Å². The minimum absolute atomic E-state index is 0.0412. The van der Waals surface area contributed by atoms with Crippen molar-refractivity contribution in [1.29, 1.82) is 0 Å². The zero-order valence-electron chi connectivity index (χ0n) is 20.5. The van der Waals surface area contributed by atoms with Crippen molar-refractivity contribution in [3.63, 3.8) is 0 Å². The molecule has 1 amide bonds. The molecule has 2 fully saturated rings. The van der Waals surface area contributed by atoms with Gasteiger partial charge in [0.05, 0.1) is 47.0 Å². The molecule has 3 heterocycles. The van der Waals surface area contributed by atoms with Crippen molar-refractivity contribution in [3.05, 3.63) is 41.6 Å². The monoisotopic (exact) mass is 496 g/mol. The molecule has 1 saturated carbocycles. The van der Waals surface area contributed by atoms with Crippen molar-refractivity contribution in [2.45, 2.75) is 57.5 Å². The maximum Gasteiger partial charge on any atom is 0.254 e. The Kier molecular flexibility index (Phi) is 6.29. The Balaban J connectivity index is 1.67. The fraction of sp³-hybridized carbons (Fsp3) is 0.500. The molecule has 2 aliphatic rings. The van der Waals surface area contributed by atoms with E-state index in [0.717, 1.165) is 31.2 Å². The van der Waals surface area contributed by atoms with Crippen LogP contribution in [-0.4, -0.2) is 65.7 Å². The third kappa shape index (κ3) is 4.53. The van der Waals surface area contributed by atoms with E-state index in [-0.39, 0.29) is 29.5 Å². The number of ether oxygens (including phenoxy) is 1. The minimum atomic E-state index is -3.11. The number of amides is 1. The maximum absolute atomic E-state index is 13.9. The van der Waals surface area contributed by atoms with Gasteiger partial charge in [-0.25, -0.2) is 18.1 Å². The molecule has 35 heavy (non-hydrogen) atoms. The van der Waals surface area contributed by atoms with Gasteiger partial charge < -0.3 is 9.64 Å².